The quantitative estimate of drug-likeness (QED) is 0.0264. The molecule has 3 N–H and O–H groups in total. The predicted molar refractivity (Wildman–Crippen MR) is 330 cm³/mol. The second kappa shape index (κ2) is 60.9. The summed E-state index contributed by atoms with van der Waals surface area (Å²) in [4.78, 5) is 35.2. The Labute approximate surface area is 470 Å². The smallest absolute Gasteiger partial charge is 0.462 e. The number of rotatable bonds is 54. The van der Waals surface area contributed by atoms with Gasteiger partial charge in [-0.2, -0.15) is 0 Å². The molecule has 77 heavy (non-hydrogen) atoms. The molecule has 0 aliphatic heterocycles. The fraction of sp³-hybridized carbons (Fsp3) is 0.582. The standard InChI is InChI=1S/C67H108NO8P/c1-3-5-7-9-11-13-15-17-19-21-23-25-27-28-29-30-31-32-33-34-35-36-38-40-42-44-46-48-50-52-54-56-58-60-67(70)76-65(64-75-77(71,72)74-62-61-68)63-73-66(69)59-57-55-53-51-49-47-45-43-41-39-37-26-24-22-20-18-16-14-12-10-8-6-4-2/h5-8,11-14,17-20,23-26,28-29,31-32,34-35,38-41,65H,3-4,9-10,15-16,21-22,27,30,33,36-37,42-64,68H2,1-2H3,(H,71,72)/b7-5-,8-6-,13-11-,14-12-,19-17-,20-18-,25-23-,26-24-,29-28-,32-31-,35-34-,40-38-,41-39-. The zero-order valence-electron chi connectivity index (χ0n) is 48.4. The van der Waals surface area contributed by atoms with Gasteiger partial charge in [0.25, 0.3) is 0 Å². The van der Waals surface area contributed by atoms with Crippen LogP contribution in [-0.4, -0.2) is 49.3 Å². The average Bonchev–Trinajstić information content (AvgIpc) is 3.42. The van der Waals surface area contributed by atoms with Crippen molar-refractivity contribution in [3.63, 3.8) is 0 Å². The molecule has 0 spiro atoms. The highest BCUT2D eigenvalue weighted by Crippen LogP contribution is 2.43. The van der Waals surface area contributed by atoms with E-state index in [1.807, 2.05) is 0 Å². The third-order valence-corrected chi connectivity index (χ3v) is 12.9. The lowest BCUT2D eigenvalue weighted by atomic mass is 10.1. The van der Waals surface area contributed by atoms with E-state index in [1.54, 1.807) is 0 Å². The van der Waals surface area contributed by atoms with Gasteiger partial charge >= 0.3 is 19.8 Å². The van der Waals surface area contributed by atoms with E-state index in [2.05, 4.69) is 172 Å². The van der Waals surface area contributed by atoms with E-state index in [-0.39, 0.29) is 32.6 Å². The number of nitrogens with two attached hydrogens (primary N) is 1. The van der Waals surface area contributed by atoms with Crippen LogP contribution in [0.4, 0.5) is 0 Å². The first kappa shape index (κ1) is 72.6. The molecule has 0 aliphatic carbocycles. The van der Waals surface area contributed by atoms with Gasteiger partial charge in [-0.15, -0.1) is 0 Å². The van der Waals surface area contributed by atoms with Gasteiger partial charge in [0, 0.05) is 19.4 Å². The van der Waals surface area contributed by atoms with Gasteiger partial charge in [-0.1, -0.05) is 242 Å². The van der Waals surface area contributed by atoms with Crippen LogP contribution in [0.2, 0.25) is 0 Å². The summed E-state index contributed by atoms with van der Waals surface area (Å²) in [6, 6.07) is 0. The summed E-state index contributed by atoms with van der Waals surface area (Å²) >= 11 is 0. The van der Waals surface area contributed by atoms with E-state index in [1.165, 1.54) is 44.9 Å². The second-order valence-electron chi connectivity index (χ2n) is 19.1. The number of allylic oxidation sites excluding steroid dienone is 26. The summed E-state index contributed by atoms with van der Waals surface area (Å²) in [5.41, 5.74) is 5.38. The van der Waals surface area contributed by atoms with Gasteiger partial charge in [-0.05, 0) is 122 Å². The summed E-state index contributed by atoms with van der Waals surface area (Å²) in [5.74, 6) is -0.862. The van der Waals surface area contributed by atoms with Crippen LogP contribution in [0.5, 0.6) is 0 Å². The molecule has 0 rings (SSSR count). The van der Waals surface area contributed by atoms with Gasteiger partial charge in [-0.25, -0.2) is 4.57 Å². The van der Waals surface area contributed by atoms with Gasteiger partial charge in [0.05, 0.1) is 13.2 Å². The first-order chi connectivity index (χ1) is 37.8. The number of unbranched alkanes of at least 4 members (excludes halogenated alkanes) is 15. The Balaban J connectivity index is 4.07. The fourth-order valence-electron chi connectivity index (χ4n) is 7.56. The molecule has 2 atom stereocenters. The number of esters is 2. The number of phosphoric acid groups is 1. The molecule has 0 bridgehead atoms. The van der Waals surface area contributed by atoms with E-state index < -0.39 is 32.5 Å². The summed E-state index contributed by atoms with van der Waals surface area (Å²) in [6.07, 6.45) is 88.6. The van der Waals surface area contributed by atoms with E-state index in [9.17, 15) is 19.0 Å². The Morgan fingerprint density at radius 2 is 0.675 bits per heavy atom. The monoisotopic (exact) mass is 1090 g/mol. The van der Waals surface area contributed by atoms with Crippen LogP contribution in [0.3, 0.4) is 0 Å². The molecular formula is C67H108NO8P. The van der Waals surface area contributed by atoms with Crippen molar-refractivity contribution in [1.82, 2.24) is 0 Å². The van der Waals surface area contributed by atoms with Crippen molar-refractivity contribution in [3.8, 4) is 0 Å². The molecule has 0 aliphatic rings. The number of carbonyl (C=O) groups excluding carboxylic acids is 2. The number of ether oxygens (including phenoxy) is 2. The molecule has 2 unspecified atom stereocenters. The fourth-order valence-corrected chi connectivity index (χ4v) is 8.32. The first-order valence-corrected chi connectivity index (χ1v) is 31.5. The van der Waals surface area contributed by atoms with Crippen molar-refractivity contribution in [2.45, 2.75) is 225 Å². The molecule has 0 heterocycles. The minimum absolute atomic E-state index is 0.0413. The molecule has 9 nitrogen and oxygen atoms in total. The van der Waals surface area contributed by atoms with E-state index >= 15 is 0 Å². The number of hydrogen-bond acceptors (Lipinski definition) is 8. The van der Waals surface area contributed by atoms with E-state index in [4.69, 9.17) is 24.3 Å². The second-order valence-corrected chi connectivity index (χ2v) is 20.6. The van der Waals surface area contributed by atoms with Gasteiger partial charge in [0.1, 0.15) is 6.61 Å². The molecule has 0 saturated carbocycles. The topological polar surface area (TPSA) is 134 Å². The van der Waals surface area contributed by atoms with E-state index in [0.29, 0.717) is 12.8 Å². The number of hydrogen-bond donors (Lipinski definition) is 2. The van der Waals surface area contributed by atoms with Gasteiger partial charge in [0.15, 0.2) is 6.10 Å². The van der Waals surface area contributed by atoms with Crippen molar-refractivity contribution >= 4 is 19.8 Å². The molecule has 434 valence electrons. The Morgan fingerprint density at radius 1 is 0.390 bits per heavy atom. The summed E-state index contributed by atoms with van der Waals surface area (Å²) in [6.45, 7) is 3.47. The van der Waals surface area contributed by atoms with Crippen LogP contribution >= 0.6 is 7.82 Å². The van der Waals surface area contributed by atoms with Crippen LogP contribution in [-0.2, 0) is 32.7 Å². The molecule has 0 amide bonds. The molecular weight excluding hydrogens is 978 g/mol. The SMILES string of the molecule is CC/C=C\C/C=C\C/C=C\C/C=C\C/C=C\C/C=C\C/C=C\C/C=C\CCCCCCCCCCC(=O)OC(COC(=O)CCCCCCCCC/C=C\C/C=C\C/C=C\C/C=C\C/C=C\CC)COP(=O)(O)OCCN. The van der Waals surface area contributed by atoms with Crippen LogP contribution < -0.4 is 5.73 Å². The minimum Gasteiger partial charge on any atom is -0.462 e. The Kier molecular flexibility index (Phi) is 57.4. The lowest BCUT2D eigenvalue weighted by molar-refractivity contribution is -0.161. The van der Waals surface area contributed by atoms with Crippen LogP contribution in [0, 0.1) is 0 Å². The largest absolute Gasteiger partial charge is 0.472 e. The summed E-state index contributed by atoms with van der Waals surface area (Å²) in [7, 11) is -4.41. The summed E-state index contributed by atoms with van der Waals surface area (Å²) in [5, 5.41) is 0. The molecule has 0 aromatic heterocycles. The number of carbonyl (C=O) groups is 2. The van der Waals surface area contributed by atoms with Crippen molar-refractivity contribution in [1.29, 1.82) is 0 Å². The average molecular weight is 1090 g/mol. The normalized spacial score (nSPS) is 14.2. The Hall–Kier alpha value is -4.37. The van der Waals surface area contributed by atoms with Crippen molar-refractivity contribution in [2.75, 3.05) is 26.4 Å². The maximum absolute atomic E-state index is 12.7. The summed E-state index contributed by atoms with van der Waals surface area (Å²) < 4.78 is 33.0. The maximum atomic E-state index is 12.7. The van der Waals surface area contributed by atoms with E-state index in [0.717, 1.165) is 135 Å². The predicted octanol–water partition coefficient (Wildman–Crippen LogP) is 19.3. The van der Waals surface area contributed by atoms with Crippen LogP contribution in [0.25, 0.3) is 0 Å². The third-order valence-electron chi connectivity index (χ3n) is 11.9. The third kappa shape index (κ3) is 60.7. The van der Waals surface area contributed by atoms with Crippen molar-refractivity contribution in [2.24, 2.45) is 5.73 Å². The molecule has 0 saturated heterocycles. The molecule has 0 aromatic carbocycles. The van der Waals surface area contributed by atoms with Gasteiger partial charge < -0.3 is 20.1 Å². The Bertz CT molecular complexity index is 1810. The highest BCUT2D eigenvalue weighted by molar-refractivity contribution is 7.47. The van der Waals surface area contributed by atoms with Crippen LogP contribution in [0.1, 0.15) is 219 Å². The van der Waals surface area contributed by atoms with Crippen LogP contribution in [0.15, 0.2) is 158 Å². The molecule has 0 radical (unpaired) electrons. The van der Waals surface area contributed by atoms with Gasteiger partial charge in [-0.3, -0.25) is 18.6 Å². The highest BCUT2D eigenvalue weighted by atomic mass is 31.2. The molecule has 0 fully saturated rings. The van der Waals surface area contributed by atoms with Crippen molar-refractivity contribution < 1.29 is 37.6 Å². The minimum atomic E-state index is -4.41. The van der Waals surface area contributed by atoms with Gasteiger partial charge in [0.2, 0.25) is 0 Å². The molecule has 10 heteroatoms. The highest BCUT2D eigenvalue weighted by Gasteiger charge is 2.26. The lowest BCUT2D eigenvalue weighted by Crippen LogP contribution is -2.29. The Morgan fingerprint density at radius 3 is 1.00 bits per heavy atom. The lowest BCUT2D eigenvalue weighted by Gasteiger charge is -2.19. The maximum Gasteiger partial charge on any atom is 0.472 e. The number of phosphoric ester groups is 1. The van der Waals surface area contributed by atoms with Crippen molar-refractivity contribution in [3.05, 3.63) is 158 Å². The zero-order chi connectivity index (χ0) is 55.9. The zero-order valence-corrected chi connectivity index (χ0v) is 49.3. The first-order valence-electron chi connectivity index (χ1n) is 30.0. The molecule has 0 aromatic rings.